The number of piperidine rings is 1. The van der Waals surface area contributed by atoms with Crippen molar-refractivity contribution in [3.05, 3.63) is 30.3 Å². The van der Waals surface area contributed by atoms with Gasteiger partial charge in [0.05, 0.1) is 0 Å². The maximum atomic E-state index is 6.16. The van der Waals surface area contributed by atoms with E-state index in [4.69, 9.17) is 5.73 Å². The Morgan fingerprint density at radius 2 is 1.85 bits per heavy atom. The standard InChI is InChI=1S/C17H29N3/c1-4-15(2)19(3)17(14-18)10-12-20(13-11-17)16-8-6-5-7-9-16/h5-9,15H,4,10-14,18H2,1-3H3. The zero-order chi connectivity index (χ0) is 14.6. The third kappa shape index (κ3) is 2.99. The van der Waals surface area contributed by atoms with Gasteiger partial charge in [0.2, 0.25) is 0 Å². The van der Waals surface area contributed by atoms with Gasteiger partial charge in [-0.3, -0.25) is 4.90 Å². The van der Waals surface area contributed by atoms with Crippen LogP contribution in [0.25, 0.3) is 0 Å². The van der Waals surface area contributed by atoms with Gasteiger partial charge in [0.15, 0.2) is 0 Å². The molecule has 0 amide bonds. The molecule has 112 valence electrons. The second-order valence-corrected chi connectivity index (χ2v) is 6.12. The van der Waals surface area contributed by atoms with Crippen LogP contribution >= 0.6 is 0 Å². The molecule has 2 rings (SSSR count). The third-order valence-corrected chi connectivity index (χ3v) is 5.20. The zero-order valence-electron chi connectivity index (χ0n) is 13.2. The van der Waals surface area contributed by atoms with Gasteiger partial charge < -0.3 is 10.6 Å². The lowest BCUT2D eigenvalue weighted by Crippen LogP contribution is -2.60. The molecule has 3 nitrogen and oxygen atoms in total. The lowest BCUT2D eigenvalue weighted by atomic mass is 9.84. The molecule has 2 N–H and O–H groups in total. The van der Waals surface area contributed by atoms with E-state index in [0.717, 1.165) is 32.5 Å². The Labute approximate surface area is 123 Å². The van der Waals surface area contributed by atoms with Gasteiger partial charge in [0.25, 0.3) is 0 Å². The molecule has 0 radical (unpaired) electrons. The topological polar surface area (TPSA) is 32.5 Å². The molecule has 1 heterocycles. The van der Waals surface area contributed by atoms with Gasteiger partial charge in [-0.25, -0.2) is 0 Å². The molecule has 1 unspecified atom stereocenters. The average Bonchev–Trinajstić information content (AvgIpc) is 2.54. The summed E-state index contributed by atoms with van der Waals surface area (Å²) in [4.78, 5) is 5.01. The lowest BCUT2D eigenvalue weighted by molar-refractivity contribution is 0.0595. The van der Waals surface area contributed by atoms with Gasteiger partial charge >= 0.3 is 0 Å². The van der Waals surface area contributed by atoms with Crippen molar-refractivity contribution < 1.29 is 0 Å². The van der Waals surface area contributed by atoms with Gasteiger partial charge in [-0.05, 0) is 45.4 Å². The van der Waals surface area contributed by atoms with Crippen LogP contribution in [0.15, 0.2) is 30.3 Å². The molecule has 0 saturated carbocycles. The fraction of sp³-hybridized carbons (Fsp3) is 0.647. The van der Waals surface area contributed by atoms with Gasteiger partial charge in [-0.2, -0.15) is 0 Å². The molecule has 0 spiro atoms. The molecule has 0 bridgehead atoms. The Bertz CT molecular complexity index is 396. The normalized spacial score (nSPS) is 20.1. The van der Waals surface area contributed by atoms with E-state index in [1.807, 2.05) is 0 Å². The highest BCUT2D eigenvalue weighted by Gasteiger charge is 2.38. The Hall–Kier alpha value is -1.06. The summed E-state index contributed by atoms with van der Waals surface area (Å²) in [5.41, 5.74) is 7.67. The summed E-state index contributed by atoms with van der Waals surface area (Å²) in [5.74, 6) is 0. The second-order valence-electron chi connectivity index (χ2n) is 6.12. The maximum Gasteiger partial charge on any atom is 0.0366 e. The number of hydrogen-bond acceptors (Lipinski definition) is 3. The Morgan fingerprint density at radius 3 is 2.35 bits per heavy atom. The van der Waals surface area contributed by atoms with E-state index < -0.39 is 0 Å². The second kappa shape index (κ2) is 6.59. The van der Waals surface area contributed by atoms with E-state index in [2.05, 4.69) is 61.0 Å². The molecule has 1 aromatic carbocycles. The number of nitrogens with zero attached hydrogens (tertiary/aromatic N) is 2. The largest absolute Gasteiger partial charge is 0.371 e. The number of hydrogen-bond donors (Lipinski definition) is 1. The number of likely N-dealkylation sites (N-methyl/N-ethyl adjacent to an activating group) is 1. The fourth-order valence-corrected chi connectivity index (χ4v) is 3.26. The van der Waals surface area contributed by atoms with E-state index in [1.54, 1.807) is 0 Å². The summed E-state index contributed by atoms with van der Waals surface area (Å²) in [7, 11) is 2.25. The highest BCUT2D eigenvalue weighted by molar-refractivity contribution is 5.46. The first-order valence-electron chi connectivity index (χ1n) is 7.86. The molecule has 1 saturated heterocycles. The van der Waals surface area contributed by atoms with E-state index in [1.165, 1.54) is 12.1 Å². The van der Waals surface area contributed by atoms with Crippen molar-refractivity contribution >= 4 is 5.69 Å². The van der Waals surface area contributed by atoms with Crippen molar-refractivity contribution in [3.63, 3.8) is 0 Å². The SMILES string of the molecule is CCC(C)N(C)C1(CN)CCN(c2ccccc2)CC1. The van der Waals surface area contributed by atoms with E-state index in [9.17, 15) is 0 Å². The molecule has 1 fully saturated rings. The van der Waals surface area contributed by atoms with Crippen LogP contribution in [0, 0.1) is 0 Å². The number of benzene rings is 1. The minimum Gasteiger partial charge on any atom is -0.371 e. The van der Waals surface area contributed by atoms with Crippen molar-refractivity contribution in [2.75, 3.05) is 31.6 Å². The molecular formula is C17H29N3. The van der Waals surface area contributed by atoms with E-state index in [0.29, 0.717) is 6.04 Å². The molecule has 1 aliphatic heterocycles. The molecule has 1 atom stereocenters. The molecule has 3 heteroatoms. The molecule has 0 aliphatic carbocycles. The van der Waals surface area contributed by atoms with Crippen molar-refractivity contribution in [1.29, 1.82) is 0 Å². The summed E-state index contributed by atoms with van der Waals surface area (Å²) in [6, 6.07) is 11.3. The van der Waals surface area contributed by atoms with Crippen LogP contribution in [0.5, 0.6) is 0 Å². The van der Waals surface area contributed by atoms with Crippen LogP contribution in [0.1, 0.15) is 33.1 Å². The van der Waals surface area contributed by atoms with Crippen LogP contribution in [0.3, 0.4) is 0 Å². The van der Waals surface area contributed by atoms with Crippen LogP contribution in [-0.4, -0.2) is 43.2 Å². The van der Waals surface area contributed by atoms with E-state index >= 15 is 0 Å². The molecule has 0 aromatic heterocycles. The van der Waals surface area contributed by atoms with Gasteiger partial charge in [-0.15, -0.1) is 0 Å². The summed E-state index contributed by atoms with van der Waals surface area (Å²) in [5, 5.41) is 0. The highest BCUT2D eigenvalue weighted by atomic mass is 15.2. The number of anilines is 1. The molecule has 1 aliphatic rings. The van der Waals surface area contributed by atoms with Crippen LogP contribution < -0.4 is 10.6 Å². The van der Waals surface area contributed by atoms with Gasteiger partial charge in [0.1, 0.15) is 0 Å². The minimum absolute atomic E-state index is 0.181. The van der Waals surface area contributed by atoms with Gasteiger partial charge in [0, 0.05) is 36.9 Å². The summed E-state index contributed by atoms with van der Waals surface area (Å²) in [6.45, 7) is 7.52. The smallest absolute Gasteiger partial charge is 0.0366 e. The first kappa shape index (κ1) is 15.3. The summed E-state index contributed by atoms with van der Waals surface area (Å²) in [6.07, 6.45) is 3.49. The van der Waals surface area contributed by atoms with Crippen molar-refractivity contribution in [3.8, 4) is 0 Å². The van der Waals surface area contributed by atoms with E-state index in [-0.39, 0.29) is 5.54 Å². The first-order chi connectivity index (χ1) is 9.63. The lowest BCUT2D eigenvalue weighted by Gasteiger charge is -2.49. The Kier molecular flexibility index (Phi) is 5.06. The number of nitrogens with two attached hydrogens (primary N) is 1. The zero-order valence-corrected chi connectivity index (χ0v) is 13.2. The molecule has 20 heavy (non-hydrogen) atoms. The van der Waals surface area contributed by atoms with Crippen molar-refractivity contribution in [1.82, 2.24) is 4.90 Å². The summed E-state index contributed by atoms with van der Waals surface area (Å²) < 4.78 is 0. The maximum absolute atomic E-state index is 6.16. The fourth-order valence-electron chi connectivity index (χ4n) is 3.26. The Balaban J connectivity index is 2.04. The quantitative estimate of drug-likeness (QED) is 0.897. The van der Waals surface area contributed by atoms with Gasteiger partial charge in [-0.1, -0.05) is 25.1 Å². The number of rotatable bonds is 5. The first-order valence-corrected chi connectivity index (χ1v) is 7.86. The third-order valence-electron chi connectivity index (χ3n) is 5.20. The average molecular weight is 275 g/mol. The summed E-state index contributed by atoms with van der Waals surface area (Å²) >= 11 is 0. The predicted molar refractivity (Wildman–Crippen MR) is 87.2 cm³/mol. The molecular weight excluding hydrogens is 246 g/mol. The monoisotopic (exact) mass is 275 g/mol. The van der Waals surface area contributed by atoms with Crippen LogP contribution in [-0.2, 0) is 0 Å². The minimum atomic E-state index is 0.181. The predicted octanol–water partition coefficient (Wildman–Crippen LogP) is 2.71. The number of para-hydroxylation sites is 1. The molecule has 1 aromatic rings. The Morgan fingerprint density at radius 1 is 1.25 bits per heavy atom. The van der Waals surface area contributed by atoms with Crippen molar-refractivity contribution in [2.45, 2.75) is 44.7 Å². The van der Waals surface area contributed by atoms with Crippen LogP contribution in [0.2, 0.25) is 0 Å². The highest BCUT2D eigenvalue weighted by Crippen LogP contribution is 2.31. The van der Waals surface area contributed by atoms with Crippen LogP contribution in [0.4, 0.5) is 5.69 Å². The van der Waals surface area contributed by atoms with Crippen molar-refractivity contribution in [2.24, 2.45) is 5.73 Å².